The summed E-state index contributed by atoms with van der Waals surface area (Å²) < 4.78 is 38.2. The van der Waals surface area contributed by atoms with Crippen LogP contribution in [-0.4, -0.2) is 4.98 Å². The Hall–Kier alpha value is -0.790. The van der Waals surface area contributed by atoms with Gasteiger partial charge < -0.3 is 5.32 Å². The number of hydrogen-bond donors (Lipinski definition) is 1. The van der Waals surface area contributed by atoms with Gasteiger partial charge in [-0.05, 0) is 34.1 Å². The molecule has 1 heterocycles. The van der Waals surface area contributed by atoms with Crippen LogP contribution in [0, 0.1) is 0 Å². The molecule has 1 aromatic heterocycles. The number of benzene rings is 1. The maximum absolute atomic E-state index is 12.6. The van der Waals surface area contributed by atoms with Crippen molar-refractivity contribution < 1.29 is 13.2 Å². The van der Waals surface area contributed by atoms with Crippen molar-refractivity contribution in [1.82, 2.24) is 4.98 Å². The van der Waals surface area contributed by atoms with Gasteiger partial charge in [0.25, 0.3) is 0 Å². The Morgan fingerprint density at radius 3 is 2.61 bits per heavy atom. The minimum atomic E-state index is -4.38. The van der Waals surface area contributed by atoms with Crippen LogP contribution in [0.1, 0.15) is 5.56 Å². The predicted molar refractivity (Wildman–Crippen MR) is 69.6 cm³/mol. The zero-order valence-electron chi connectivity index (χ0n) is 8.55. The third-order valence-electron chi connectivity index (χ3n) is 2.01. The molecule has 0 saturated carbocycles. The van der Waals surface area contributed by atoms with Crippen LogP contribution < -0.4 is 5.32 Å². The number of anilines is 2. The first-order valence-electron chi connectivity index (χ1n) is 4.61. The second kappa shape index (κ2) is 5.07. The molecule has 96 valence electrons. The van der Waals surface area contributed by atoms with Gasteiger partial charge in [-0.25, -0.2) is 4.98 Å². The van der Waals surface area contributed by atoms with Gasteiger partial charge in [-0.1, -0.05) is 11.6 Å². The SMILES string of the molecule is FC(F)(F)c1ccc(Br)c(Nc2nc(Cl)cs2)c1. The largest absolute Gasteiger partial charge is 0.416 e. The molecule has 1 aromatic carbocycles. The van der Waals surface area contributed by atoms with Crippen LogP contribution in [0.4, 0.5) is 24.0 Å². The van der Waals surface area contributed by atoms with Crippen molar-refractivity contribution in [2.75, 3.05) is 5.32 Å². The summed E-state index contributed by atoms with van der Waals surface area (Å²) >= 11 is 10.0. The highest BCUT2D eigenvalue weighted by Crippen LogP contribution is 2.35. The lowest BCUT2D eigenvalue weighted by molar-refractivity contribution is -0.137. The normalized spacial score (nSPS) is 11.6. The standard InChI is InChI=1S/C10H5BrClF3N2S/c11-6-2-1-5(10(13,14)15)3-7(6)16-9-17-8(12)4-18-9/h1-4H,(H,16,17). The minimum absolute atomic E-state index is 0.288. The van der Waals surface area contributed by atoms with Crippen molar-refractivity contribution in [3.05, 3.63) is 38.8 Å². The molecule has 2 aromatic rings. The van der Waals surface area contributed by atoms with Crippen molar-refractivity contribution >= 4 is 49.7 Å². The number of hydrogen-bond acceptors (Lipinski definition) is 3. The zero-order chi connectivity index (χ0) is 13.3. The van der Waals surface area contributed by atoms with Crippen LogP contribution in [0.3, 0.4) is 0 Å². The van der Waals surface area contributed by atoms with Gasteiger partial charge in [0.1, 0.15) is 5.15 Å². The number of nitrogens with zero attached hydrogens (tertiary/aromatic N) is 1. The Labute approximate surface area is 118 Å². The zero-order valence-corrected chi connectivity index (χ0v) is 11.7. The van der Waals surface area contributed by atoms with E-state index in [1.165, 1.54) is 17.4 Å². The Morgan fingerprint density at radius 2 is 2.06 bits per heavy atom. The van der Waals surface area contributed by atoms with Crippen LogP contribution in [0.2, 0.25) is 5.15 Å². The molecule has 8 heteroatoms. The Bertz CT molecular complexity index is 570. The summed E-state index contributed by atoms with van der Waals surface area (Å²) in [6, 6.07) is 3.35. The van der Waals surface area contributed by atoms with Gasteiger partial charge in [0, 0.05) is 9.85 Å². The maximum Gasteiger partial charge on any atom is 0.416 e. The molecular formula is C10H5BrClF3N2S. The molecule has 0 amide bonds. The number of alkyl halides is 3. The third kappa shape index (κ3) is 3.15. The van der Waals surface area contributed by atoms with Crippen molar-refractivity contribution in [2.24, 2.45) is 0 Å². The van der Waals surface area contributed by atoms with E-state index in [-0.39, 0.29) is 5.69 Å². The molecule has 0 aliphatic rings. The molecule has 2 rings (SSSR count). The molecule has 0 spiro atoms. The van der Waals surface area contributed by atoms with Gasteiger partial charge in [0.2, 0.25) is 0 Å². The average molecular weight is 358 g/mol. The minimum Gasteiger partial charge on any atom is -0.331 e. The van der Waals surface area contributed by atoms with E-state index in [1.54, 1.807) is 5.38 Å². The van der Waals surface area contributed by atoms with Gasteiger partial charge in [-0.3, -0.25) is 0 Å². The van der Waals surface area contributed by atoms with Crippen molar-refractivity contribution in [2.45, 2.75) is 6.18 Å². The number of aromatic nitrogens is 1. The first kappa shape index (κ1) is 13.6. The summed E-state index contributed by atoms with van der Waals surface area (Å²) in [5, 5.41) is 5.10. The Balaban J connectivity index is 2.32. The van der Waals surface area contributed by atoms with E-state index < -0.39 is 11.7 Å². The molecule has 0 aliphatic carbocycles. The van der Waals surface area contributed by atoms with Gasteiger partial charge in [0.05, 0.1) is 11.3 Å². The fourth-order valence-corrected chi connectivity index (χ4v) is 2.42. The summed E-state index contributed by atoms with van der Waals surface area (Å²) in [7, 11) is 0. The number of thiazole rings is 1. The molecule has 0 fully saturated rings. The van der Waals surface area contributed by atoms with Gasteiger partial charge in [-0.15, -0.1) is 11.3 Å². The highest BCUT2D eigenvalue weighted by Gasteiger charge is 2.30. The van der Waals surface area contributed by atoms with E-state index in [0.717, 1.165) is 12.1 Å². The van der Waals surface area contributed by atoms with Crippen molar-refractivity contribution in [1.29, 1.82) is 0 Å². The summed E-state index contributed by atoms with van der Waals surface area (Å²) in [6.07, 6.45) is -4.38. The molecule has 18 heavy (non-hydrogen) atoms. The molecule has 0 aliphatic heterocycles. The van der Waals surface area contributed by atoms with E-state index in [4.69, 9.17) is 11.6 Å². The van der Waals surface area contributed by atoms with E-state index in [2.05, 4.69) is 26.2 Å². The summed E-state index contributed by atoms with van der Waals surface area (Å²) in [5.74, 6) is 0. The second-order valence-corrected chi connectivity index (χ2v) is 5.39. The lowest BCUT2D eigenvalue weighted by Gasteiger charge is -2.10. The molecule has 0 atom stereocenters. The van der Waals surface area contributed by atoms with Gasteiger partial charge in [-0.2, -0.15) is 13.2 Å². The number of rotatable bonds is 2. The Kier molecular flexibility index (Phi) is 3.84. The highest BCUT2D eigenvalue weighted by molar-refractivity contribution is 9.10. The monoisotopic (exact) mass is 356 g/mol. The average Bonchev–Trinajstić information content (AvgIpc) is 2.66. The highest BCUT2D eigenvalue weighted by atomic mass is 79.9. The maximum atomic E-state index is 12.6. The lowest BCUT2D eigenvalue weighted by atomic mass is 10.2. The fourth-order valence-electron chi connectivity index (χ4n) is 1.22. The number of nitrogens with one attached hydrogen (secondary N) is 1. The van der Waals surface area contributed by atoms with Crippen LogP contribution in [-0.2, 0) is 6.18 Å². The van der Waals surface area contributed by atoms with Crippen molar-refractivity contribution in [3.63, 3.8) is 0 Å². The second-order valence-electron chi connectivity index (χ2n) is 3.29. The molecule has 1 N–H and O–H groups in total. The molecule has 0 radical (unpaired) electrons. The molecule has 2 nitrogen and oxygen atoms in total. The van der Waals surface area contributed by atoms with Crippen LogP contribution in [0.5, 0.6) is 0 Å². The lowest BCUT2D eigenvalue weighted by Crippen LogP contribution is -2.05. The van der Waals surface area contributed by atoms with E-state index in [1.807, 2.05) is 0 Å². The number of halogens is 5. The summed E-state index contributed by atoms with van der Waals surface area (Å²) in [4.78, 5) is 3.91. The third-order valence-corrected chi connectivity index (χ3v) is 3.78. The first-order valence-corrected chi connectivity index (χ1v) is 6.66. The first-order chi connectivity index (χ1) is 8.36. The molecule has 0 saturated heterocycles. The Morgan fingerprint density at radius 1 is 1.33 bits per heavy atom. The van der Waals surface area contributed by atoms with Gasteiger partial charge >= 0.3 is 6.18 Å². The van der Waals surface area contributed by atoms with Crippen LogP contribution in [0.25, 0.3) is 0 Å². The summed E-state index contributed by atoms with van der Waals surface area (Å²) in [6.45, 7) is 0. The van der Waals surface area contributed by atoms with Crippen LogP contribution in [0.15, 0.2) is 28.1 Å². The van der Waals surface area contributed by atoms with Crippen molar-refractivity contribution in [3.8, 4) is 0 Å². The fraction of sp³-hybridized carbons (Fsp3) is 0.100. The molecular weight excluding hydrogens is 353 g/mol. The van der Waals surface area contributed by atoms with E-state index in [0.29, 0.717) is 14.8 Å². The quantitative estimate of drug-likeness (QED) is 0.786. The van der Waals surface area contributed by atoms with E-state index >= 15 is 0 Å². The van der Waals surface area contributed by atoms with Crippen LogP contribution >= 0.6 is 38.9 Å². The molecule has 0 bridgehead atoms. The topological polar surface area (TPSA) is 24.9 Å². The van der Waals surface area contributed by atoms with E-state index in [9.17, 15) is 13.2 Å². The van der Waals surface area contributed by atoms with Gasteiger partial charge in [0.15, 0.2) is 5.13 Å². The summed E-state index contributed by atoms with van der Waals surface area (Å²) in [5.41, 5.74) is -0.438. The smallest absolute Gasteiger partial charge is 0.331 e. The predicted octanol–water partition coefficient (Wildman–Crippen LogP) is 5.32. The molecule has 0 unspecified atom stereocenters.